The van der Waals surface area contributed by atoms with Crippen molar-refractivity contribution in [2.75, 3.05) is 0 Å². The molecule has 1 aliphatic heterocycles. The highest BCUT2D eigenvalue weighted by Crippen LogP contribution is 2.39. The van der Waals surface area contributed by atoms with E-state index in [1.165, 1.54) is 12.1 Å². The topological polar surface area (TPSA) is 127 Å². The summed E-state index contributed by atoms with van der Waals surface area (Å²) in [5, 5.41) is 1.33. The third-order valence-electron chi connectivity index (χ3n) is 7.46. The summed E-state index contributed by atoms with van der Waals surface area (Å²) in [5.74, 6) is -3.03. The Morgan fingerprint density at radius 3 is 1.87 bits per heavy atom. The molecule has 0 radical (unpaired) electrons. The second-order valence-corrected chi connectivity index (χ2v) is 14.8. The van der Waals surface area contributed by atoms with Gasteiger partial charge in [0.05, 0.1) is 11.3 Å². The van der Waals surface area contributed by atoms with Crippen LogP contribution in [0.1, 0.15) is 35.3 Å². The van der Waals surface area contributed by atoms with Gasteiger partial charge in [0.1, 0.15) is 11.4 Å². The van der Waals surface area contributed by atoms with Gasteiger partial charge in [-0.1, -0.05) is 109 Å². The van der Waals surface area contributed by atoms with E-state index in [9.17, 15) is 27.6 Å². The SMILES string of the molecule is CC(=O)C(C(=O)OC(c1ccccc1)c1ccccc1)N1C(=O)C(NC(=O)Cc2ccccc2)C1SS(=O)(=O)c1ccc(C)cc1. The molecule has 0 bridgehead atoms. The molecule has 0 spiro atoms. The van der Waals surface area contributed by atoms with E-state index in [4.69, 9.17) is 4.74 Å². The molecule has 236 valence electrons. The minimum atomic E-state index is -4.11. The molecule has 11 heteroatoms. The van der Waals surface area contributed by atoms with Crippen LogP contribution < -0.4 is 5.32 Å². The average molecular weight is 657 g/mol. The number of nitrogens with one attached hydrogen (secondary N) is 1. The zero-order valence-electron chi connectivity index (χ0n) is 25.1. The Labute approximate surface area is 271 Å². The van der Waals surface area contributed by atoms with Gasteiger partial charge in [-0.05, 0) is 42.7 Å². The summed E-state index contributed by atoms with van der Waals surface area (Å²) in [6, 6.07) is 29.8. The van der Waals surface area contributed by atoms with Crippen LogP contribution in [0.3, 0.4) is 0 Å². The average Bonchev–Trinajstić information content (AvgIpc) is 3.05. The molecule has 1 saturated heterocycles. The highest BCUT2D eigenvalue weighted by molar-refractivity contribution is 8.72. The number of Topliss-reactive ketones (excluding diaryl/α,β-unsaturated/α-hetero) is 1. The molecule has 46 heavy (non-hydrogen) atoms. The summed E-state index contributed by atoms with van der Waals surface area (Å²) < 4.78 is 33.0. The summed E-state index contributed by atoms with van der Waals surface area (Å²) in [5.41, 5.74) is 2.82. The fourth-order valence-corrected chi connectivity index (χ4v) is 8.64. The first-order valence-corrected chi connectivity index (χ1v) is 17.4. The molecular weight excluding hydrogens is 625 g/mol. The molecule has 4 aromatic carbocycles. The molecule has 0 aromatic heterocycles. The van der Waals surface area contributed by atoms with E-state index < -0.39 is 56.0 Å². The van der Waals surface area contributed by atoms with Gasteiger partial charge >= 0.3 is 5.97 Å². The van der Waals surface area contributed by atoms with Crippen LogP contribution in [0.25, 0.3) is 0 Å². The first-order chi connectivity index (χ1) is 22.0. The summed E-state index contributed by atoms with van der Waals surface area (Å²) in [6.45, 7) is 2.95. The number of ketones is 1. The zero-order valence-corrected chi connectivity index (χ0v) is 26.7. The molecule has 0 aliphatic carbocycles. The van der Waals surface area contributed by atoms with Gasteiger partial charge < -0.3 is 15.0 Å². The van der Waals surface area contributed by atoms with E-state index >= 15 is 0 Å². The molecular formula is C35H32N2O7S2. The third kappa shape index (κ3) is 7.38. The molecule has 3 unspecified atom stereocenters. The number of carbonyl (C=O) groups is 4. The van der Waals surface area contributed by atoms with Crippen LogP contribution in [0, 0.1) is 6.92 Å². The predicted molar refractivity (Wildman–Crippen MR) is 174 cm³/mol. The van der Waals surface area contributed by atoms with Crippen molar-refractivity contribution in [2.24, 2.45) is 0 Å². The lowest BCUT2D eigenvalue weighted by molar-refractivity contribution is -0.169. The highest BCUT2D eigenvalue weighted by atomic mass is 33.1. The number of β-lactam (4-membered cyclic amide) rings is 1. The number of rotatable bonds is 12. The van der Waals surface area contributed by atoms with Crippen LogP contribution in [0.15, 0.2) is 120 Å². The molecule has 1 aliphatic rings. The van der Waals surface area contributed by atoms with Gasteiger partial charge in [-0.25, -0.2) is 13.2 Å². The number of likely N-dealkylation sites (tertiary alicyclic amines) is 1. The lowest BCUT2D eigenvalue weighted by Crippen LogP contribution is -2.74. The number of aryl methyl sites for hydroxylation is 1. The molecule has 5 rings (SSSR count). The van der Waals surface area contributed by atoms with Gasteiger partial charge in [-0.3, -0.25) is 14.4 Å². The van der Waals surface area contributed by atoms with Crippen LogP contribution in [0.2, 0.25) is 0 Å². The van der Waals surface area contributed by atoms with E-state index in [1.807, 2.05) is 19.1 Å². The van der Waals surface area contributed by atoms with E-state index in [0.717, 1.165) is 17.4 Å². The van der Waals surface area contributed by atoms with E-state index in [2.05, 4.69) is 5.32 Å². The van der Waals surface area contributed by atoms with Crippen molar-refractivity contribution < 1.29 is 32.3 Å². The smallest absolute Gasteiger partial charge is 0.337 e. The fraction of sp³-hybridized carbons (Fsp3) is 0.200. The Kier molecular flexibility index (Phi) is 10.0. The number of amides is 2. The molecule has 1 fully saturated rings. The monoisotopic (exact) mass is 656 g/mol. The summed E-state index contributed by atoms with van der Waals surface area (Å²) in [7, 11) is -3.71. The largest absolute Gasteiger partial charge is 0.451 e. The Morgan fingerprint density at radius 1 is 0.826 bits per heavy atom. The van der Waals surface area contributed by atoms with Crippen molar-refractivity contribution >= 4 is 43.2 Å². The first kappa shape index (κ1) is 32.6. The van der Waals surface area contributed by atoms with Crippen molar-refractivity contribution in [3.05, 3.63) is 138 Å². The van der Waals surface area contributed by atoms with Crippen molar-refractivity contribution in [3.63, 3.8) is 0 Å². The van der Waals surface area contributed by atoms with E-state index in [1.54, 1.807) is 91.0 Å². The van der Waals surface area contributed by atoms with Crippen LogP contribution in [-0.2, 0) is 39.2 Å². The number of esters is 1. The van der Waals surface area contributed by atoms with Gasteiger partial charge in [-0.2, -0.15) is 0 Å². The van der Waals surface area contributed by atoms with Gasteiger partial charge in [-0.15, -0.1) is 0 Å². The second-order valence-electron chi connectivity index (χ2n) is 10.9. The van der Waals surface area contributed by atoms with Crippen molar-refractivity contribution in [1.82, 2.24) is 10.2 Å². The second kappa shape index (κ2) is 14.1. The number of benzene rings is 4. The van der Waals surface area contributed by atoms with Crippen LogP contribution >= 0.6 is 10.8 Å². The van der Waals surface area contributed by atoms with Crippen molar-refractivity contribution in [1.29, 1.82) is 0 Å². The maximum Gasteiger partial charge on any atom is 0.337 e. The number of carbonyl (C=O) groups excluding carboxylic acids is 4. The maximum absolute atomic E-state index is 13.8. The fourth-order valence-electron chi connectivity index (χ4n) is 5.13. The predicted octanol–water partition coefficient (Wildman–Crippen LogP) is 4.60. The molecule has 9 nitrogen and oxygen atoms in total. The Balaban J connectivity index is 1.45. The van der Waals surface area contributed by atoms with Gasteiger partial charge in [0.15, 0.2) is 17.9 Å². The van der Waals surface area contributed by atoms with E-state index in [-0.39, 0.29) is 11.3 Å². The molecule has 3 atom stereocenters. The van der Waals surface area contributed by atoms with E-state index in [0.29, 0.717) is 27.5 Å². The van der Waals surface area contributed by atoms with Gasteiger partial charge in [0, 0.05) is 10.8 Å². The zero-order chi connectivity index (χ0) is 32.8. The Bertz CT molecular complexity index is 1780. The van der Waals surface area contributed by atoms with Crippen LogP contribution in [-0.4, -0.2) is 54.3 Å². The molecule has 1 N–H and O–H groups in total. The highest BCUT2D eigenvalue weighted by Gasteiger charge is 2.57. The first-order valence-electron chi connectivity index (χ1n) is 14.5. The number of hydrogen-bond donors (Lipinski definition) is 1. The lowest BCUT2D eigenvalue weighted by Gasteiger charge is -2.48. The van der Waals surface area contributed by atoms with Crippen LogP contribution in [0.4, 0.5) is 0 Å². The normalized spacial score (nSPS) is 16.8. The lowest BCUT2D eigenvalue weighted by atomic mass is 9.99. The number of nitrogens with zero attached hydrogens (tertiary/aromatic N) is 1. The van der Waals surface area contributed by atoms with Crippen molar-refractivity contribution in [2.45, 2.75) is 48.7 Å². The van der Waals surface area contributed by atoms with Crippen LogP contribution in [0.5, 0.6) is 0 Å². The molecule has 1 heterocycles. The quantitative estimate of drug-likeness (QED) is 0.102. The van der Waals surface area contributed by atoms with Gasteiger partial charge in [0.2, 0.25) is 20.7 Å². The summed E-state index contributed by atoms with van der Waals surface area (Å²) in [4.78, 5) is 54.4. The summed E-state index contributed by atoms with van der Waals surface area (Å²) >= 11 is 0. The minimum absolute atomic E-state index is 0.0214. The maximum atomic E-state index is 13.8. The molecule has 0 saturated carbocycles. The minimum Gasteiger partial charge on any atom is -0.451 e. The Morgan fingerprint density at radius 2 is 1.35 bits per heavy atom. The summed E-state index contributed by atoms with van der Waals surface area (Å²) in [6.07, 6.45) is -0.960. The molecule has 4 aromatic rings. The standard InChI is InChI=1S/C35H32N2O7S2/c1-23-18-20-28(21-19-23)46(42,43)45-34-30(36-29(39)22-25-12-6-3-7-13-25)33(40)37(34)31(24(2)38)35(41)44-32(26-14-8-4-9-15-26)27-16-10-5-11-17-27/h3-21,30-32,34H,22H2,1-2H3,(H,36,39). The number of ether oxygens (including phenoxy) is 1. The van der Waals surface area contributed by atoms with Crippen molar-refractivity contribution in [3.8, 4) is 0 Å². The third-order valence-corrected chi connectivity index (χ3v) is 11.2. The van der Waals surface area contributed by atoms with Gasteiger partial charge in [0.25, 0.3) is 0 Å². The molecule has 2 amide bonds. The Hall–Kier alpha value is -4.74. The number of hydrogen-bond acceptors (Lipinski definition) is 8.